The molecule has 2 aromatic rings. The summed E-state index contributed by atoms with van der Waals surface area (Å²) < 4.78 is 5.27. The van der Waals surface area contributed by atoms with Crippen molar-refractivity contribution in [2.24, 2.45) is 5.92 Å². The third-order valence-electron chi connectivity index (χ3n) is 5.48. The van der Waals surface area contributed by atoms with Crippen molar-refractivity contribution in [3.63, 3.8) is 0 Å². The minimum atomic E-state index is -0.723. The van der Waals surface area contributed by atoms with Gasteiger partial charge in [0, 0.05) is 30.0 Å². The summed E-state index contributed by atoms with van der Waals surface area (Å²) >= 11 is 1.47. The highest BCUT2D eigenvalue weighted by Gasteiger charge is 2.47. The molecule has 0 N–H and O–H groups in total. The van der Waals surface area contributed by atoms with Gasteiger partial charge in [0.1, 0.15) is 0 Å². The number of hydrogen-bond acceptors (Lipinski definition) is 6. The van der Waals surface area contributed by atoms with E-state index in [1.54, 1.807) is 4.90 Å². The van der Waals surface area contributed by atoms with Gasteiger partial charge in [0.2, 0.25) is 11.8 Å². The molecule has 0 aliphatic carbocycles. The molecule has 2 saturated heterocycles. The topological polar surface area (TPSA) is 84.0 Å². The number of carbonyl (C=O) groups is 4. The number of imide groups is 1. The number of benzene rings is 1. The molecule has 4 rings (SSSR count). The second-order valence-corrected chi connectivity index (χ2v) is 8.50. The largest absolute Gasteiger partial charge is 0.455 e. The van der Waals surface area contributed by atoms with Crippen molar-refractivity contribution in [1.29, 1.82) is 0 Å². The smallest absolute Gasteiger partial charge is 0.312 e. The maximum atomic E-state index is 12.9. The summed E-state index contributed by atoms with van der Waals surface area (Å²) in [5.74, 6) is -2.25. The predicted octanol–water partition coefficient (Wildman–Crippen LogP) is 2.84. The summed E-state index contributed by atoms with van der Waals surface area (Å²) in [4.78, 5) is 53.3. The highest BCUT2D eigenvalue weighted by Crippen LogP contribution is 2.43. The SMILES string of the molecule is Cc1ccc(N2C(=O)CC(C(=O)OCC(=O)N3CCCC3=O)C2c2cccs2)cc1. The average molecular weight is 426 g/mol. The zero-order valence-electron chi connectivity index (χ0n) is 16.6. The van der Waals surface area contributed by atoms with Gasteiger partial charge in [-0.25, -0.2) is 0 Å². The van der Waals surface area contributed by atoms with Gasteiger partial charge in [-0.15, -0.1) is 11.3 Å². The van der Waals surface area contributed by atoms with E-state index in [9.17, 15) is 19.2 Å². The molecule has 0 saturated carbocycles. The first kappa shape index (κ1) is 20.3. The number of hydrogen-bond donors (Lipinski definition) is 0. The van der Waals surface area contributed by atoms with E-state index in [2.05, 4.69) is 0 Å². The van der Waals surface area contributed by atoms with Gasteiger partial charge in [0.25, 0.3) is 5.91 Å². The quantitative estimate of drug-likeness (QED) is 0.687. The summed E-state index contributed by atoms with van der Waals surface area (Å²) in [5, 5.41) is 1.90. The Morgan fingerprint density at radius 1 is 1.13 bits per heavy atom. The highest BCUT2D eigenvalue weighted by molar-refractivity contribution is 7.10. The Morgan fingerprint density at radius 3 is 2.53 bits per heavy atom. The monoisotopic (exact) mass is 426 g/mol. The number of aryl methyl sites for hydroxylation is 1. The zero-order valence-corrected chi connectivity index (χ0v) is 17.4. The summed E-state index contributed by atoms with van der Waals surface area (Å²) in [6, 6.07) is 10.9. The van der Waals surface area contributed by atoms with E-state index in [-0.39, 0.29) is 18.2 Å². The second kappa shape index (κ2) is 8.39. The van der Waals surface area contributed by atoms with Crippen LogP contribution in [-0.4, -0.2) is 41.7 Å². The first-order valence-corrected chi connectivity index (χ1v) is 10.8. The zero-order chi connectivity index (χ0) is 21.3. The van der Waals surface area contributed by atoms with Crippen LogP contribution in [-0.2, 0) is 23.9 Å². The number of esters is 1. The molecular formula is C22H22N2O5S. The number of ether oxygens (including phenoxy) is 1. The summed E-state index contributed by atoms with van der Waals surface area (Å²) in [6.45, 7) is 1.84. The maximum absolute atomic E-state index is 12.9. The first-order chi connectivity index (χ1) is 14.5. The van der Waals surface area contributed by atoms with Crippen molar-refractivity contribution in [3.05, 3.63) is 52.2 Å². The fourth-order valence-corrected chi connectivity index (χ4v) is 4.85. The van der Waals surface area contributed by atoms with Crippen LogP contribution in [0, 0.1) is 12.8 Å². The van der Waals surface area contributed by atoms with E-state index in [1.165, 1.54) is 11.3 Å². The van der Waals surface area contributed by atoms with Gasteiger partial charge in [-0.1, -0.05) is 23.8 Å². The molecule has 0 spiro atoms. The predicted molar refractivity (Wildman–Crippen MR) is 111 cm³/mol. The van der Waals surface area contributed by atoms with Crippen LogP contribution in [0.25, 0.3) is 0 Å². The molecule has 2 atom stereocenters. The third-order valence-corrected chi connectivity index (χ3v) is 6.43. The van der Waals surface area contributed by atoms with Gasteiger partial charge in [0.15, 0.2) is 6.61 Å². The number of likely N-dealkylation sites (tertiary alicyclic amines) is 1. The number of carbonyl (C=O) groups excluding carboxylic acids is 4. The Bertz CT molecular complexity index is 970. The lowest BCUT2D eigenvalue weighted by atomic mass is 9.99. The fraction of sp³-hybridized carbons (Fsp3) is 0.364. The van der Waals surface area contributed by atoms with Crippen molar-refractivity contribution in [1.82, 2.24) is 4.90 Å². The van der Waals surface area contributed by atoms with Crippen molar-refractivity contribution in [3.8, 4) is 0 Å². The Morgan fingerprint density at radius 2 is 1.90 bits per heavy atom. The molecule has 2 fully saturated rings. The van der Waals surface area contributed by atoms with Gasteiger partial charge in [-0.05, 0) is 36.9 Å². The Labute approximate surface area is 178 Å². The number of anilines is 1. The molecule has 2 unspecified atom stereocenters. The number of rotatable bonds is 5. The Hall–Kier alpha value is -3.00. The fourth-order valence-electron chi connectivity index (χ4n) is 3.97. The van der Waals surface area contributed by atoms with Crippen LogP contribution in [0.2, 0.25) is 0 Å². The molecule has 1 aromatic carbocycles. The van der Waals surface area contributed by atoms with E-state index in [0.717, 1.165) is 21.0 Å². The van der Waals surface area contributed by atoms with Crippen LogP contribution in [0.5, 0.6) is 0 Å². The average Bonchev–Trinajstić information content (AvgIpc) is 3.46. The van der Waals surface area contributed by atoms with E-state index in [4.69, 9.17) is 4.74 Å². The van der Waals surface area contributed by atoms with Crippen LogP contribution in [0.1, 0.15) is 35.7 Å². The van der Waals surface area contributed by atoms with Crippen LogP contribution in [0.3, 0.4) is 0 Å². The Kier molecular flexibility index (Phi) is 5.67. The lowest BCUT2D eigenvalue weighted by Crippen LogP contribution is -2.36. The van der Waals surface area contributed by atoms with Crippen molar-refractivity contribution < 1.29 is 23.9 Å². The molecule has 0 radical (unpaired) electrons. The first-order valence-electron chi connectivity index (χ1n) is 9.87. The lowest BCUT2D eigenvalue weighted by molar-refractivity contribution is -0.157. The highest BCUT2D eigenvalue weighted by atomic mass is 32.1. The lowest BCUT2D eigenvalue weighted by Gasteiger charge is -2.27. The molecular weight excluding hydrogens is 404 g/mol. The molecule has 2 aliphatic heterocycles. The summed E-state index contributed by atoms with van der Waals surface area (Å²) in [7, 11) is 0. The minimum absolute atomic E-state index is 0.00606. The normalized spacial score (nSPS) is 21.4. The van der Waals surface area contributed by atoms with Crippen LogP contribution in [0.15, 0.2) is 41.8 Å². The summed E-state index contributed by atoms with van der Waals surface area (Å²) in [5.41, 5.74) is 1.79. The molecule has 3 amide bonds. The molecule has 7 nitrogen and oxygen atoms in total. The molecule has 2 aliphatic rings. The van der Waals surface area contributed by atoms with Gasteiger partial charge in [0.05, 0.1) is 12.0 Å². The standard InChI is InChI=1S/C22H22N2O5S/c1-14-6-8-15(9-7-14)24-19(26)12-16(21(24)17-4-3-11-30-17)22(28)29-13-20(27)23-10-2-5-18(23)25/h3-4,6-9,11,16,21H,2,5,10,12-13H2,1H3. The molecule has 1 aromatic heterocycles. The van der Waals surface area contributed by atoms with E-state index < -0.39 is 30.4 Å². The van der Waals surface area contributed by atoms with E-state index in [0.29, 0.717) is 19.4 Å². The molecule has 3 heterocycles. The van der Waals surface area contributed by atoms with Crippen molar-refractivity contribution in [2.75, 3.05) is 18.1 Å². The van der Waals surface area contributed by atoms with E-state index >= 15 is 0 Å². The van der Waals surface area contributed by atoms with Crippen LogP contribution >= 0.6 is 11.3 Å². The Balaban J connectivity index is 1.53. The van der Waals surface area contributed by atoms with Crippen LogP contribution < -0.4 is 4.90 Å². The number of nitrogens with zero attached hydrogens (tertiary/aromatic N) is 2. The molecule has 0 bridgehead atoms. The third kappa shape index (κ3) is 3.87. The summed E-state index contributed by atoms with van der Waals surface area (Å²) in [6.07, 6.45) is 0.969. The molecule has 8 heteroatoms. The van der Waals surface area contributed by atoms with Gasteiger partial charge < -0.3 is 9.64 Å². The molecule has 156 valence electrons. The van der Waals surface area contributed by atoms with Crippen molar-refractivity contribution >= 4 is 40.7 Å². The second-order valence-electron chi connectivity index (χ2n) is 7.52. The van der Waals surface area contributed by atoms with E-state index in [1.807, 2.05) is 48.7 Å². The number of thiophene rings is 1. The number of amides is 3. The van der Waals surface area contributed by atoms with Gasteiger partial charge in [-0.3, -0.25) is 24.1 Å². The maximum Gasteiger partial charge on any atom is 0.312 e. The van der Waals surface area contributed by atoms with Gasteiger partial charge >= 0.3 is 5.97 Å². The van der Waals surface area contributed by atoms with Gasteiger partial charge in [-0.2, -0.15) is 0 Å². The van der Waals surface area contributed by atoms with Crippen LogP contribution in [0.4, 0.5) is 5.69 Å². The molecule has 30 heavy (non-hydrogen) atoms. The van der Waals surface area contributed by atoms with Crippen molar-refractivity contribution in [2.45, 2.75) is 32.2 Å². The minimum Gasteiger partial charge on any atom is -0.455 e.